The van der Waals surface area contributed by atoms with Gasteiger partial charge in [0, 0.05) is 11.8 Å². The van der Waals surface area contributed by atoms with Crippen LogP contribution in [0.15, 0.2) is 24.3 Å². The number of aryl methyl sites for hydroxylation is 2. The molecule has 0 radical (unpaired) electrons. The third-order valence-electron chi connectivity index (χ3n) is 2.84. The zero-order chi connectivity index (χ0) is 14.7. The summed E-state index contributed by atoms with van der Waals surface area (Å²) in [5.74, 6) is 1.37. The average Bonchev–Trinajstić information content (AvgIpc) is 2.38. The number of ether oxygens (including phenoxy) is 2. The van der Waals surface area contributed by atoms with Crippen LogP contribution in [-0.2, 0) is 0 Å². The molecule has 20 heavy (non-hydrogen) atoms. The summed E-state index contributed by atoms with van der Waals surface area (Å²) in [6.07, 6.45) is 0. The number of hydrogen-bond acceptors (Lipinski definition) is 5. The van der Waals surface area contributed by atoms with E-state index >= 15 is 0 Å². The van der Waals surface area contributed by atoms with Crippen molar-refractivity contribution in [1.82, 2.24) is 4.98 Å². The number of nitrogen functional groups attached to an aromatic ring is 1. The molecule has 5 heteroatoms. The maximum Gasteiger partial charge on any atom is 0.237 e. The van der Waals surface area contributed by atoms with Crippen LogP contribution in [0.1, 0.15) is 16.8 Å². The monoisotopic (exact) mass is 269 g/mol. The van der Waals surface area contributed by atoms with E-state index < -0.39 is 0 Å². The second kappa shape index (κ2) is 5.49. The predicted octanol–water partition coefficient (Wildman–Crippen LogP) is 2.95. The summed E-state index contributed by atoms with van der Waals surface area (Å²) in [6, 6.07) is 9.01. The Labute approximate surface area is 117 Å². The summed E-state index contributed by atoms with van der Waals surface area (Å²) < 4.78 is 10.8. The molecule has 0 amide bonds. The molecule has 0 unspecified atom stereocenters. The van der Waals surface area contributed by atoms with E-state index in [-0.39, 0.29) is 5.88 Å². The number of nitrogens with zero attached hydrogens (tertiary/aromatic N) is 2. The normalized spacial score (nSPS) is 9.90. The summed E-state index contributed by atoms with van der Waals surface area (Å²) in [5.41, 5.74) is 8.33. The van der Waals surface area contributed by atoms with Crippen molar-refractivity contribution in [3.05, 3.63) is 41.1 Å². The van der Waals surface area contributed by atoms with Crippen molar-refractivity contribution < 1.29 is 9.47 Å². The third kappa shape index (κ3) is 2.64. The molecule has 1 aromatic carbocycles. The molecule has 0 aliphatic carbocycles. The largest absolute Gasteiger partial charge is 0.495 e. The third-order valence-corrected chi connectivity index (χ3v) is 2.84. The van der Waals surface area contributed by atoms with Crippen LogP contribution >= 0.6 is 0 Å². The summed E-state index contributed by atoms with van der Waals surface area (Å²) >= 11 is 0. The number of hydrogen-bond donors (Lipinski definition) is 1. The molecule has 1 heterocycles. The van der Waals surface area contributed by atoms with Crippen LogP contribution in [0.5, 0.6) is 17.4 Å². The number of benzene rings is 1. The fourth-order valence-corrected chi connectivity index (χ4v) is 1.90. The fraction of sp³-hybridized carbons (Fsp3) is 0.200. The van der Waals surface area contributed by atoms with E-state index in [2.05, 4.69) is 11.1 Å². The van der Waals surface area contributed by atoms with Gasteiger partial charge in [-0.15, -0.1) is 0 Å². The SMILES string of the molecule is COc1ccc(Oc2nc(C)cc(C)c2C#N)cc1N. The second-order valence-electron chi connectivity index (χ2n) is 4.38. The molecule has 0 aliphatic heterocycles. The Bertz CT molecular complexity index is 690. The maximum absolute atomic E-state index is 9.19. The lowest BCUT2D eigenvalue weighted by atomic mass is 10.1. The zero-order valence-electron chi connectivity index (χ0n) is 11.6. The van der Waals surface area contributed by atoms with Gasteiger partial charge >= 0.3 is 0 Å². The molecule has 0 aliphatic rings. The first-order valence-electron chi connectivity index (χ1n) is 6.05. The van der Waals surface area contributed by atoms with Crippen molar-refractivity contribution in [3.63, 3.8) is 0 Å². The Morgan fingerprint density at radius 1 is 1.25 bits per heavy atom. The highest BCUT2D eigenvalue weighted by atomic mass is 16.5. The zero-order valence-corrected chi connectivity index (χ0v) is 11.6. The van der Waals surface area contributed by atoms with Gasteiger partial charge in [-0.1, -0.05) is 0 Å². The topological polar surface area (TPSA) is 81.2 Å². The molecule has 0 saturated carbocycles. The molecular formula is C15H15N3O2. The molecule has 0 bridgehead atoms. The van der Waals surface area contributed by atoms with Gasteiger partial charge < -0.3 is 15.2 Å². The molecule has 5 nitrogen and oxygen atoms in total. The van der Waals surface area contributed by atoms with E-state index in [9.17, 15) is 5.26 Å². The van der Waals surface area contributed by atoms with Gasteiger partial charge in [0.15, 0.2) is 0 Å². The molecular weight excluding hydrogens is 254 g/mol. The lowest BCUT2D eigenvalue weighted by Crippen LogP contribution is -1.98. The van der Waals surface area contributed by atoms with Crippen molar-refractivity contribution in [2.45, 2.75) is 13.8 Å². The highest BCUT2D eigenvalue weighted by molar-refractivity contribution is 5.57. The molecule has 2 N–H and O–H groups in total. The van der Waals surface area contributed by atoms with Crippen molar-refractivity contribution in [3.8, 4) is 23.4 Å². The summed E-state index contributed by atoms with van der Waals surface area (Å²) in [5, 5.41) is 9.19. The van der Waals surface area contributed by atoms with Crippen LogP contribution in [0.3, 0.4) is 0 Å². The van der Waals surface area contributed by atoms with Crippen molar-refractivity contribution in [2.75, 3.05) is 12.8 Å². The average molecular weight is 269 g/mol. The maximum atomic E-state index is 9.19. The molecule has 102 valence electrons. The van der Waals surface area contributed by atoms with Gasteiger partial charge in [0.25, 0.3) is 0 Å². The molecule has 2 aromatic rings. The highest BCUT2D eigenvalue weighted by Crippen LogP contribution is 2.30. The Kier molecular flexibility index (Phi) is 3.76. The van der Waals surface area contributed by atoms with Gasteiger partial charge in [-0.25, -0.2) is 4.98 Å². The van der Waals surface area contributed by atoms with Gasteiger partial charge in [-0.2, -0.15) is 5.26 Å². The number of anilines is 1. The van der Waals surface area contributed by atoms with E-state index in [1.54, 1.807) is 25.3 Å². The van der Waals surface area contributed by atoms with Crippen LogP contribution in [0.2, 0.25) is 0 Å². The Morgan fingerprint density at radius 3 is 2.60 bits per heavy atom. The lowest BCUT2D eigenvalue weighted by Gasteiger charge is -2.11. The Hall–Kier alpha value is -2.74. The predicted molar refractivity (Wildman–Crippen MR) is 75.9 cm³/mol. The molecule has 1 aromatic heterocycles. The molecule has 0 fully saturated rings. The van der Waals surface area contributed by atoms with Gasteiger partial charge in [-0.05, 0) is 37.6 Å². The van der Waals surface area contributed by atoms with E-state index in [4.69, 9.17) is 15.2 Å². The second-order valence-corrected chi connectivity index (χ2v) is 4.38. The smallest absolute Gasteiger partial charge is 0.237 e. The first-order chi connectivity index (χ1) is 9.55. The van der Waals surface area contributed by atoms with Crippen molar-refractivity contribution in [2.24, 2.45) is 0 Å². The highest BCUT2D eigenvalue weighted by Gasteiger charge is 2.11. The molecule has 0 atom stereocenters. The minimum atomic E-state index is 0.287. The quantitative estimate of drug-likeness (QED) is 0.866. The van der Waals surface area contributed by atoms with Gasteiger partial charge in [0.2, 0.25) is 5.88 Å². The standard InChI is InChI=1S/C15H15N3O2/c1-9-6-10(2)18-15(12(9)8-16)20-11-4-5-14(19-3)13(17)7-11/h4-7H,17H2,1-3H3. The van der Waals surface area contributed by atoms with E-state index in [0.29, 0.717) is 22.7 Å². The van der Waals surface area contributed by atoms with Crippen LogP contribution in [-0.4, -0.2) is 12.1 Å². The number of methoxy groups -OCH3 is 1. The molecule has 0 spiro atoms. The fourth-order valence-electron chi connectivity index (χ4n) is 1.90. The van der Waals surface area contributed by atoms with Gasteiger partial charge in [0.1, 0.15) is 23.1 Å². The van der Waals surface area contributed by atoms with E-state index in [1.165, 1.54) is 0 Å². The van der Waals surface area contributed by atoms with Gasteiger partial charge in [-0.3, -0.25) is 0 Å². The minimum Gasteiger partial charge on any atom is -0.495 e. The van der Waals surface area contributed by atoms with E-state index in [0.717, 1.165) is 11.3 Å². The van der Waals surface area contributed by atoms with Crippen LogP contribution in [0, 0.1) is 25.2 Å². The van der Waals surface area contributed by atoms with Crippen LogP contribution < -0.4 is 15.2 Å². The first kappa shape index (κ1) is 13.7. The van der Waals surface area contributed by atoms with Crippen molar-refractivity contribution in [1.29, 1.82) is 5.26 Å². The van der Waals surface area contributed by atoms with Gasteiger partial charge in [0.05, 0.1) is 12.8 Å². The number of pyridine rings is 1. The summed E-state index contributed by atoms with van der Waals surface area (Å²) in [6.45, 7) is 3.70. The van der Waals surface area contributed by atoms with Crippen molar-refractivity contribution >= 4 is 5.69 Å². The number of aromatic nitrogens is 1. The van der Waals surface area contributed by atoms with E-state index in [1.807, 2.05) is 19.9 Å². The number of nitriles is 1. The molecule has 2 rings (SSSR count). The lowest BCUT2D eigenvalue weighted by molar-refractivity contribution is 0.414. The van der Waals surface area contributed by atoms with Crippen LogP contribution in [0.25, 0.3) is 0 Å². The Balaban J connectivity index is 2.40. The van der Waals surface area contributed by atoms with Crippen LogP contribution in [0.4, 0.5) is 5.69 Å². The first-order valence-corrected chi connectivity index (χ1v) is 6.05. The number of nitrogens with two attached hydrogens (primary N) is 1. The minimum absolute atomic E-state index is 0.287. The summed E-state index contributed by atoms with van der Waals surface area (Å²) in [7, 11) is 1.55. The molecule has 0 saturated heterocycles. The Morgan fingerprint density at radius 2 is 2.00 bits per heavy atom. The summed E-state index contributed by atoms with van der Waals surface area (Å²) in [4.78, 5) is 4.26. The number of rotatable bonds is 3.